The van der Waals surface area contributed by atoms with E-state index in [2.05, 4.69) is 10.0 Å². The maximum atomic E-state index is 14.7. The standard InChI is InChI=1S/C24H23F2N3O4S/c1-16-2-8-20(34(31,32)28-18-5-3-17(25)4-6-18)15-21(16)24(30)27-19-7-9-23(22(26)14-19)29-10-12-33-13-11-29/h2-9,14-15,28H,10-13H2,1H3,(H,27,30). The highest BCUT2D eigenvalue weighted by Crippen LogP contribution is 2.25. The number of benzene rings is 3. The van der Waals surface area contributed by atoms with E-state index in [1.807, 2.05) is 4.90 Å². The average molecular weight is 488 g/mol. The molecule has 0 bridgehead atoms. The Bertz CT molecular complexity index is 1310. The van der Waals surface area contributed by atoms with Crippen LogP contribution in [0.25, 0.3) is 0 Å². The molecule has 2 N–H and O–H groups in total. The van der Waals surface area contributed by atoms with Gasteiger partial charge < -0.3 is 15.0 Å². The third-order valence-corrected chi connectivity index (χ3v) is 6.80. The Morgan fingerprint density at radius 2 is 1.62 bits per heavy atom. The van der Waals surface area contributed by atoms with Crippen molar-refractivity contribution < 1.29 is 26.7 Å². The molecule has 178 valence electrons. The van der Waals surface area contributed by atoms with E-state index in [1.165, 1.54) is 36.4 Å². The summed E-state index contributed by atoms with van der Waals surface area (Å²) in [4.78, 5) is 14.6. The zero-order valence-corrected chi connectivity index (χ0v) is 19.2. The molecular formula is C24H23F2N3O4S. The monoisotopic (exact) mass is 487 g/mol. The number of carbonyl (C=O) groups is 1. The van der Waals surface area contributed by atoms with Crippen molar-refractivity contribution in [2.75, 3.05) is 41.2 Å². The molecule has 0 spiro atoms. The van der Waals surface area contributed by atoms with E-state index in [-0.39, 0.29) is 21.8 Å². The molecule has 10 heteroatoms. The summed E-state index contributed by atoms with van der Waals surface area (Å²) in [5.74, 6) is -1.54. The lowest BCUT2D eigenvalue weighted by Gasteiger charge is -2.29. The number of aryl methyl sites for hydroxylation is 1. The number of carbonyl (C=O) groups excluding carboxylic acids is 1. The first-order chi connectivity index (χ1) is 16.2. The fraction of sp³-hybridized carbons (Fsp3) is 0.208. The van der Waals surface area contributed by atoms with Crippen LogP contribution in [0, 0.1) is 18.6 Å². The number of rotatable bonds is 6. The third kappa shape index (κ3) is 5.35. The smallest absolute Gasteiger partial charge is 0.261 e. The molecule has 1 heterocycles. The molecule has 1 amide bonds. The third-order valence-electron chi connectivity index (χ3n) is 5.42. The van der Waals surface area contributed by atoms with Crippen LogP contribution in [-0.2, 0) is 14.8 Å². The predicted octanol–water partition coefficient (Wildman–Crippen LogP) is 4.16. The Hall–Kier alpha value is -3.50. The van der Waals surface area contributed by atoms with E-state index in [1.54, 1.807) is 19.1 Å². The quantitative estimate of drug-likeness (QED) is 0.545. The second-order valence-corrected chi connectivity index (χ2v) is 9.49. The van der Waals surface area contributed by atoms with Gasteiger partial charge in [-0.1, -0.05) is 6.07 Å². The van der Waals surface area contributed by atoms with E-state index in [0.29, 0.717) is 37.6 Å². The topological polar surface area (TPSA) is 87.7 Å². The predicted molar refractivity (Wildman–Crippen MR) is 126 cm³/mol. The molecule has 0 aromatic heterocycles. The minimum absolute atomic E-state index is 0.125. The van der Waals surface area contributed by atoms with E-state index >= 15 is 0 Å². The maximum Gasteiger partial charge on any atom is 0.261 e. The van der Waals surface area contributed by atoms with E-state index in [4.69, 9.17) is 4.74 Å². The van der Waals surface area contributed by atoms with Gasteiger partial charge in [-0.15, -0.1) is 0 Å². The fourth-order valence-corrected chi connectivity index (χ4v) is 4.67. The Balaban J connectivity index is 1.52. The van der Waals surface area contributed by atoms with Crippen LogP contribution < -0.4 is 14.9 Å². The van der Waals surface area contributed by atoms with Crippen LogP contribution in [-0.4, -0.2) is 40.6 Å². The van der Waals surface area contributed by atoms with Crippen LogP contribution in [0.4, 0.5) is 25.8 Å². The van der Waals surface area contributed by atoms with Gasteiger partial charge in [0.2, 0.25) is 0 Å². The number of hydrogen-bond acceptors (Lipinski definition) is 5. The average Bonchev–Trinajstić information content (AvgIpc) is 2.81. The Labute approximate surface area is 196 Å². The van der Waals surface area contributed by atoms with Gasteiger partial charge >= 0.3 is 0 Å². The van der Waals surface area contributed by atoms with Crippen LogP contribution in [0.5, 0.6) is 0 Å². The Kier molecular flexibility index (Phi) is 6.80. The van der Waals surface area contributed by atoms with E-state index in [9.17, 15) is 22.0 Å². The van der Waals surface area contributed by atoms with Crippen LogP contribution >= 0.6 is 0 Å². The number of morpholine rings is 1. The number of ether oxygens (including phenoxy) is 1. The van der Waals surface area contributed by atoms with Gasteiger partial charge in [0.15, 0.2) is 0 Å². The number of halogens is 2. The molecule has 7 nitrogen and oxygen atoms in total. The molecule has 4 rings (SSSR count). The summed E-state index contributed by atoms with van der Waals surface area (Å²) in [6.45, 7) is 3.86. The van der Waals surface area contributed by atoms with Crippen molar-refractivity contribution >= 4 is 33.0 Å². The molecule has 34 heavy (non-hydrogen) atoms. The summed E-state index contributed by atoms with van der Waals surface area (Å²) in [7, 11) is -4.02. The summed E-state index contributed by atoms with van der Waals surface area (Å²) in [6.07, 6.45) is 0. The normalized spacial score (nSPS) is 14.0. The SMILES string of the molecule is Cc1ccc(S(=O)(=O)Nc2ccc(F)cc2)cc1C(=O)Nc1ccc(N2CCOCC2)c(F)c1. The van der Waals surface area contributed by atoms with Crippen molar-refractivity contribution in [2.45, 2.75) is 11.8 Å². The molecule has 1 fully saturated rings. The molecule has 1 aliphatic rings. The summed E-state index contributed by atoms with van der Waals surface area (Å²) in [5, 5.41) is 2.63. The molecule has 0 atom stereocenters. The van der Waals surface area contributed by atoms with E-state index < -0.39 is 27.6 Å². The number of hydrogen-bond donors (Lipinski definition) is 2. The highest BCUT2D eigenvalue weighted by molar-refractivity contribution is 7.92. The van der Waals surface area contributed by atoms with Crippen LogP contribution in [0.1, 0.15) is 15.9 Å². The first-order valence-electron chi connectivity index (χ1n) is 10.6. The summed E-state index contributed by atoms with van der Waals surface area (Å²) >= 11 is 0. The van der Waals surface area contributed by atoms with Gasteiger partial charge in [-0.3, -0.25) is 9.52 Å². The number of nitrogens with zero attached hydrogens (tertiary/aromatic N) is 1. The number of nitrogens with one attached hydrogen (secondary N) is 2. The van der Waals surface area contributed by atoms with Gasteiger partial charge in [-0.25, -0.2) is 17.2 Å². The van der Waals surface area contributed by atoms with Crippen molar-refractivity contribution in [1.29, 1.82) is 0 Å². The largest absolute Gasteiger partial charge is 0.378 e. The summed E-state index contributed by atoms with van der Waals surface area (Å²) in [5.41, 5.74) is 1.53. The minimum Gasteiger partial charge on any atom is -0.378 e. The minimum atomic E-state index is -4.02. The van der Waals surface area contributed by atoms with Crippen molar-refractivity contribution in [1.82, 2.24) is 0 Å². The van der Waals surface area contributed by atoms with E-state index in [0.717, 1.165) is 12.1 Å². The van der Waals surface area contributed by atoms with Gasteiger partial charge in [0.05, 0.1) is 23.8 Å². The van der Waals surface area contributed by atoms with Crippen LogP contribution in [0.15, 0.2) is 65.6 Å². The van der Waals surface area contributed by atoms with Crippen LogP contribution in [0.2, 0.25) is 0 Å². The first kappa shape index (κ1) is 23.7. The molecule has 1 aliphatic heterocycles. The maximum absolute atomic E-state index is 14.7. The lowest BCUT2D eigenvalue weighted by atomic mass is 10.1. The molecule has 1 saturated heterocycles. The molecule has 3 aromatic rings. The van der Waals surface area contributed by atoms with Crippen molar-refractivity contribution in [3.63, 3.8) is 0 Å². The second-order valence-electron chi connectivity index (χ2n) is 7.81. The zero-order valence-electron chi connectivity index (χ0n) is 18.3. The van der Waals surface area contributed by atoms with Crippen molar-refractivity contribution in [3.8, 4) is 0 Å². The number of sulfonamides is 1. The number of amides is 1. The van der Waals surface area contributed by atoms with Gasteiger partial charge in [0.1, 0.15) is 11.6 Å². The molecule has 0 saturated carbocycles. The molecule has 0 radical (unpaired) electrons. The van der Waals surface area contributed by atoms with Gasteiger partial charge in [-0.2, -0.15) is 0 Å². The molecule has 3 aromatic carbocycles. The van der Waals surface area contributed by atoms with Gasteiger partial charge in [0, 0.05) is 30.0 Å². The Morgan fingerprint density at radius 3 is 2.29 bits per heavy atom. The van der Waals surface area contributed by atoms with Crippen molar-refractivity contribution in [2.24, 2.45) is 0 Å². The molecule has 0 unspecified atom stereocenters. The highest BCUT2D eigenvalue weighted by atomic mass is 32.2. The molecular weight excluding hydrogens is 464 g/mol. The molecule has 0 aliphatic carbocycles. The lowest BCUT2D eigenvalue weighted by Crippen LogP contribution is -2.36. The second kappa shape index (κ2) is 9.78. The first-order valence-corrected chi connectivity index (χ1v) is 12.0. The highest BCUT2D eigenvalue weighted by Gasteiger charge is 2.20. The fourth-order valence-electron chi connectivity index (χ4n) is 3.59. The lowest BCUT2D eigenvalue weighted by molar-refractivity contribution is 0.102. The summed E-state index contributed by atoms with van der Waals surface area (Å²) in [6, 6.07) is 13.4. The number of anilines is 3. The van der Waals surface area contributed by atoms with Crippen molar-refractivity contribution in [3.05, 3.63) is 83.4 Å². The Morgan fingerprint density at radius 1 is 0.941 bits per heavy atom. The van der Waals surface area contributed by atoms with Gasteiger partial charge in [0.25, 0.3) is 15.9 Å². The van der Waals surface area contributed by atoms with Gasteiger partial charge in [-0.05, 0) is 67.1 Å². The zero-order chi connectivity index (χ0) is 24.3. The van der Waals surface area contributed by atoms with Crippen LogP contribution in [0.3, 0.4) is 0 Å². The summed E-state index contributed by atoms with van der Waals surface area (Å²) < 4.78 is 60.9.